The Bertz CT molecular complexity index is 967. The fraction of sp³-hybridized carbons (Fsp3) is 0.318. The molecule has 0 radical (unpaired) electrons. The van der Waals surface area contributed by atoms with Gasteiger partial charge in [0.25, 0.3) is 0 Å². The van der Waals surface area contributed by atoms with Gasteiger partial charge >= 0.3 is 0 Å². The molecule has 1 aliphatic carbocycles. The third kappa shape index (κ3) is 2.85. The van der Waals surface area contributed by atoms with Crippen LogP contribution in [0.25, 0.3) is 10.9 Å². The number of carbonyl (C=O) groups is 1. The molecule has 1 amide bonds. The van der Waals surface area contributed by atoms with Gasteiger partial charge in [-0.15, -0.1) is 0 Å². The summed E-state index contributed by atoms with van der Waals surface area (Å²) in [4.78, 5) is 16.4. The Balaban J connectivity index is 1.60. The van der Waals surface area contributed by atoms with Crippen molar-refractivity contribution in [1.82, 2.24) is 4.98 Å². The van der Waals surface area contributed by atoms with Crippen LogP contribution in [0.4, 0.5) is 5.69 Å². The Morgan fingerprint density at radius 2 is 1.96 bits per heavy atom. The second-order valence-electron chi connectivity index (χ2n) is 7.19. The average molecular weight is 348 g/mol. The number of hydrogen-bond acceptors (Lipinski definition) is 2. The van der Waals surface area contributed by atoms with Crippen LogP contribution in [0, 0.1) is 19.8 Å². The maximum absolute atomic E-state index is 12.9. The first-order chi connectivity index (χ1) is 12.6. The van der Waals surface area contributed by atoms with Crippen molar-refractivity contribution >= 4 is 22.5 Å². The number of aryl methyl sites for hydroxylation is 3. The lowest BCUT2D eigenvalue weighted by molar-refractivity contribution is -0.120. The highest BCUT2D eigenvalue weighted by Gasteiger charge is 2.28. The van der Waals surface area contributed by atoms with E-state index >= 15 is 0 Å². The van der Waals surface area contributed by atoms with E-state index in [-0.39, 0.29) is 11.8 Å². The molecule has 4 nitrogen and oxygen atoms in total. The summed E-state index contributed by atoms with van der Waals surface area (Å²) in [5, 5.41) is 4.34. The zero-order chi connectivity index (χ0) is 18.3. The van der Waals surface area contributed by atoms with Crippen molar-refractivity contribution in [2.24, 2.45) is 5.92 Å². The van der Waals surface area contributed by atoms with Gasteiger partial charge in [-0.25, -0.2) is 0 Å². The Morgan fingerprint density at radius 3 is 2.69 bits per heavy atom. The van der Waals surface area contributed by atoms with Crippen molar-refractivity contribution in [3.8, 4) is 5.75 Å². The predicted octanol–water partition coefficient (Wildman–Crippen LogP) is 4.54. The van der Waals surface area contributed by atoms with E-state index in [1.807, 2.05) is 38.1 Å². The minimum atomic E-state index is -0.00768. The Labute approximate surface area is 153 Å². The first-order valence-corrected chi connectivity index (χ1v) is 9.11. The molecule has 4 heteroatoms. The lowest BCUT2D eigenvalue weighted by Crippen LogP contribution is -2.28. The lowest BCUT2D eigenvalue weighted by atomic mass is 9.85. The second kappa shape index (κ2) is 6.52. The van der Waals surface area contributed by atoms with Crippen LogP contribution in [0.5, 0.6) is 5.75 Å². The van der Waals surface area contributed by atoms with Crippen molar-refractivity contribution in [2.45, 2.75) is 33.1 Å². The molecule has 26 heavy (non-hydrogen) atoms. The summed E-state index contributed by atoms with van der Waals surface area (Å²) >= 11 is 0. The third-order valence-electron chi connectivity index (χ3n) is 5.50. The van der Waals surface area contributed by atoms with Gasteiger partial charge in [0, 0.05) is 28.2 Å². The number of benzene rings is 2. The highest BCUT2D eigenvalue weighted by molar-refractivity contribution is 5.95. The van der Waals surface area contributed by atoms with Gasteiger partial charge in [0.15, 0.2) is 0 Å². The smallest absolute Gasteiger partial charge is 0.227 e. The first-order valence-electron chi connectivity index (χ1n) is 9.11. The number of para-hydroxylation sites is 1. The van der Waals surface area contributed by atoms with Crippen LogP contribution in [-0.4, -0.2) is 18.0 Å². The predicted molar refractivity (Wildman–Crippen MR) is 105 cm³/mol. The van der Waals surface area contributed by atoms with E-state index < -0.39 is 0 Å². The van der Waals surface area contributed by atoms with E-state index in [9.17, 15) is 4.79 Å². The lowest BCUT2D eigenvalue weighted by Gasteiger charge is -2.23. The van der Waals surface area contributed by atoms with E-state index in [0.717, 1.165) is 47.3 Å². The Hall–Kier alpha value is -2.75. The summed E-state index contributed by atoms with van der Waals surface area (Å²) in [7, 11) is 1.68. The zero-order valence-electron chi connectivity index (χ0n) is 15.5. The molecule has 3 aromatic rings. The quantitative estimate of drug-likeness (QED) is 0.730. The van der Waals surface area contributed by atoms with Gasteiger partial charge in [-0.1, -0.05) is 18.2 Å². The van der Waals surface area contributed by atoms with Crippen LogP contribution in [0.2, 0.25) is 0 Å². The zero-order valence-corrected chi connectivity index (χ0v) is 15.5. The molecule has 134 valence electrons. The van der Waals surface area contributed by atoms with Crippen LogP contribution < -0.4 is 10.1 Å². The molecule has 1 unspecified atom stereocenters. The standard InChI is InChI=1S/C22H24N2O2/c1-13-5-4-6-14(2)21(13)24-22(25)15-7-9-19-17(11-15)18-12-16(26-3)8-10-20(18)23-19/h4-6,8,10,12,15,23H,7,9,11H2,1-3H3,(H,24,25). The van der Waals surface area contributed by atoms with Crippen molar-refractivity contribution in [1.29, 1.82) is 0 Å². The summed E-state index contributed by atoms with van der Waals surface area (Å²) < 4.78 is 5.37. The number of aromatic nitrogens is 1. The van der Waals surface area contributed by atoms with Gasteiger partial charge in [-0.3, -0.25) is 4.79 Å². The number of hydrogen-bond donors (Lipinski definition) is 2. The van der Waals surface area contributed by atoms with Gasteiger partial charge in [0.2, 0.25) is 5.91 Å². The van der Waals surface area contributed by atoms with E-state index in [1.54, 1.807) is 7.11 Å². The molecule has 4 rings (SSSR count). The molecule has 2 aromatic carbocycles. The van der Waals surface area contributed by atoms with Crippen LogP contribution in [-0.2, 0) is 17.6 Å². The van der Waals surface area contributed by atoms with Crippen LogP contribution in [0.1, 0.15) is 28.8 Å². The van der Waals surface area contributed by atoms with Gasteiger partial charge < -0.3 is 15.0 Å². The number of anilines is 1. The van der Waals surface area contributed by atoms with Gasteiger partial charge in [0.1, 0.15) is 5.75 Å². The summed E-state index contributed by atoms with van der Waals surface area (Å²) in [6.07, 6.45) is 2.53. The van der Waals surface area contributed by atoms with E-state index in [0.29, 0.717) is 0 Å². The third-order valence-corrected chi connectivity index (χ3v) is 5.50. The van der Waals surface area contributed by atoms with Crippen molar-refractivity contribution < 1.29 is 9.53 Å². The van der Waals surface area contributed by atoms with Crippen LogP contribution >= 0.6 is 0 Å². The van der Waals surface area contributed by atoms with Crippen molar-refractivity contribution in [3.05, 3.63) is 58.8 Å². The summed E-state index contributed by atoms with van der Waals surface area (Å²) in [6, 6.07) is 12.2. The fourth-order valence-corrected chi connectivity index (χ4v) is 3.98. The van der Waals surface area contributed by atoms with Gasteiger partial charge in [-0.2, -0.15) is 0 Å². The molecule has 0 saturated carbocycles. The van der Waals surface area contributed by atoms with Crippen molar-refractivity contribution in [2.75, 3.05) is 12.4 Å². The summed E-state index contributed by atoms with van der Waals surface area (Å²) in [5.41, 5.74) is 6.78. The van der Waals surface area contributed by atoms with E-state index in [1.165, 1.54) is 16.6 Å². The topological polar surface area (TPSA) is 54.1 Å². The molecule has 0 spiro atoms. The molecule has 1 aliphatic rings. The Morgan fingerprint density at radius 1 is 1.19 bits per heavy atom. The van der Waals surface area contributed by atoms with Crippen LogP contribution in [0.3, 0.4) is 0 Å². The second-order valence-corrected chi connectivity index (χ2v) is 7.19. The number of rotatable bonds is 3. The summed E-state index contributed by atoms with van der Waals surface area (Å²) in [5.74, 6) is 0.957. The molecule has 1 atom stereocenters. The average Bonchev–Trinajstić information content (AvgIpc) is 3.01. The summed E-state index contributed by atoms with van der Waals surface area (Å²) in [6.45, 7) is 4.07. The number of amides is 1. The van der Waals surface area contributed by atoms with Crippen LogP contribution in [0.15, 0.2) is 36.4 Å². The molecule has 0 fully saturated rings. The Kier molecular flexibility index (Phi) is 4.19. The monoisotopic (exact) mass is 348 g/mol. The highest BCUT2D eigenvalue weighted by atomic mass is 16.5. The fourth-order valence-electron chi connectivity index (χ4n) is 3.98. The molecule has 0 bridgehead atoms. The number of nitrogens with one attached hydrogen (secondary N) is 2. The molecule has 0 aliphatic heterocycles. The first kappa shape index (κ1) is 16.7. The van der Waals surface area contributed by atoms with E-state index in [4.69, 9.17) is 4.74 Å². The number of carbonyl (C=O) groups excluding carboxylic acids is 1. The normalized spacial score (nSPS) is 16.3. The molecular formula is C22H24N2O2. The maximum atomic E-state index is 12.9. The molecular weight excluding hydrogens is 324 g/mol. The van der Waals surface area contributed by atoms with E-state index in [2.05, 4.69) is 22.4 Å². The molecule has 1 heterocycles. The minimum absolute atomic E-state index is 0.00768. The molecule has 1 aromatic heterocycles. The van der Waals surface area contributed by atoms with Gasteiger partial charge in [-0.05, 0) is 68.0 Å². The minimum Gasteiger partial charge on any atom is -0.497 e. The van der Waals surface area contributed by atoms with Crippen molar-refractivity contribution in [3.63, 3.8) is 0 Å². The largest absolute Gasteiger partial charge is 0.497 e. The number of ether oxygens (including phenoxy) is 1. The maximum Gasteiger partial charge on any atom is 0.227 e. The molecule has 2 N–H and O–H groups in total. The highest BCUT2D eigenvalue weighted by Crippen LogP contribution is 2.34. The number of aromatic amines is 1. The van der Waals surface area contributed by atoms with Gasteiger partial charge in [0.05, 0.1) is 7.11 Å². The number of fused-ring (bicyclic) bond motifs is 3. The number of H-pyrrole nitrogens is 1. The molecule has 0 saturated heterocycles. The SMILES string of the molecule is COc1ccc2[nH]c3c(c2c1)CC(C(=O)Nc1c(C)cccc1C)CC3. The number of methoxy groups -OCH3 is 1.